The molecule has 0 N–H and O–H groups in total. The van der Waals surface area contributed by atoms with E-state index in [1.54, 1.807) is 12.1 Å². The van der Waals surface area contributed by atoms with E-state index in [1.807, 2.05) is 54.8 Å². The first-order valence-electron chi connectivity index (χ1n) is 8.60. The van der Waals surface area contributed by atoms with Crippen LogP contribution in [0.3, 0.4) is 0 Å². The Hall–Kier alpha value is -2.21. The SMILES string of the molecule is Cc1cc(C(=O)CSc2nc3ccccc3o2)c(C)n1-c1ccc(Cl)c(Cl)c1. The van der Waals surface area contributed by atoms with Crippen molar-refractivity contribution < 1.29 is 9.21 Å². The molecule has 0 atom stereocenters. The molecule has 4 rings (SSSR count). The highest BCUT2D eigenvalue weighted by molar-refractivity contribution is 7.99. The van der Waals surface area contributed by atoms with Crippen LogP contribution in [-0.2, 0) is 0 Å². The van der Waals surface area contributed by atoms with Crippen LogP contribution >= 0.6 is 35.0 Å². The number of ketones is 1. The second kappa shape index (κ2) is 7.66. The summed E-state index contributed by atoms with van der Waals surface area (Å²) in [6.45, 7) is 3.88. The van der Waals surface area contributed by atoms with Crippen molar-refractivity contribution in [2.75, 3.05) is 5.75 Å². The van der Waals surface area contributed by atoms with Gasteiger partial charge in [-0.2, -0.15) is 0 Å². The molecule has 4 aromatic rings. The second-order valence-corrected chi connectivity index (χ2v) is 8.12. The van der Waals surface area contributed by atoms with E-state index in [2.05, 4.69) is 4.98 Å². The van der Waals surface area contributed by atoms with Crippen LogP contribution in [0.5, 0.6) is 0 Å². The zero-order valence-electron chi connectivity index (χ0n) is 15.2. The van der Waals surface area contributed by atoms with E-state index >= 15 is 0 Å². The van der Waals surface area contributed by atoms with Crippen molar-refractivity contribution in [1.29, 1.82) is 0 Å². The van der Waals surface area contributed by atoms with E-state index in [-0.39, 0.29) is 11.5 Å². The number of nitrogens with zero attached hydrogens (tertiary/aromatic N) is 2. The van der Waals surface area contributed by atoms with Crippen molar-refractivity contribution >= 4 is 51.8 Å². The van der Waals surface area contributed by atoms with Crippen LogP contribution in [0.15, 0.2) is 58.2 Å². The number of carbonyl (C=O) groups is 1. The molecule has 0 aliphatic heterocycles. The van der Waals surface area contributed by atoms with Gasteiger partial charge in [0.25, 0.3) is 5.22 Å². The topological polar surface area (TPSA) is 48.0 Å². The van der Waals surface area contributed by atoms with E-state index < -0.39 is 0 Å². The highest BCUT2D eigenvalue weighted by Gasteiger charge is 2.18. The zero-order chi connectivity index (χ0) is 19.8. The molecule has 0 fully saturated rings. The van der Waals surface area contributed by atoms with Crippen molar-refractivity contribution in [3.63, 3.8) is 0 Å². The molecule has 2 aromatic heterocycles. The van der Waals surface area contributed by atoms with Crippen molar-refractivity contribution in [3.8, 4) is 5.69 Å². The Morgan fingerprint density at radius 1 is 1.11 bits per heavy atom. The summed E-state index contributed by atoms with van der Waals surface area (Å²) < 4.78 is 7.67. The number of hydrogen-bond acceptors (Lipinski definition) is 4. The summed E-state index contributed by atoms with van der Waals surface area (Å²) in [4.78, 5) is 17.2. The molecule has 0 spiro atoms. The van der Waals surface area contributed by atoms with Crippen LogP contribution in [-0.4, -0.2) is 21.1 Å². The summed E-state index contributed by atoms with van der Waals surface area (Å²) in [6, 6.07) is 14.9. The number of oxazole rings is 1. The van der Waals surface area contributed by atoms with Gasteiger partial charge in [0, 0.05) is 22.6 Å². The first-order chi connectivity index (χ1) is 13.4. The molecule has 0 amide bonds. The molecule has 0 radical (unpaired) electrons. The molecule has 2 heterocycles. The fourth-order valence-corrected chi connectivity index (χ4v) is 4.20. The number of carbonyl (C=O) groups excluding carboxylic acids is 1. The van der Waals surface area contributed by atoms with Gasteiger partial charge in [-0.1, -0.05) is 47.1 Å². The van der Waals surface area contributed by atoms with E-state index in [0.717, 1.165) is 28.2 Å². The molecule has 0 bridgehead atoms. The van der Waals surface area contributed by atoms with Crippen LogP contribution in [0, 0.1) is 13.8 Å². The largest absolute Gasteiger partial charge is 0.431 e. The minimum atomic E-state index is 0.0201. The van der Waals surface area contributed by atoms with Crippen molar-refractivity contribution in [2.24, 2.45) is 0 Å². The van der Waals surface area contributed by atoms with Crippen LogP contribution in [0.25, 0.3) is 16.8 Å². The maximum Gasteiger partial charge on any atom is 0.257 e. The number of aromatic nitrogens is 2. The summed E-state index contributed by atoms with van der Waals surface area (Å²) >= 11 is 13.5. The van der Waals surface area contributed by atoms with E-state index in [9.17, 15) is 4.79 Å². The van der Waals surface area contributed by atoms with E-state index in [1.165, 1.54) is 11.8 Å². The molecule has 142 valence electrons. The summed E-state index contributed by atoms with van der Waals surface area (Å²) in [5, 5.41) is 1.47. The van der Waals surface area contributed by atoms with Gasteiger partial charge in [-0.25, -0.2) is 4.98 Å². The average Bonchev–Trinajstić information content (AvgIpc) is 3.22. The third kappa shape index (κ3) is 3.58. The molecular formula is C21H16Cl2N2O2S. The number of Topliss-reactive ketones (excluding diaryl/α,β-unsaturated/α-hetero) is 1. The summed E-state index contributed by atoms with van der Waals surface area (Å²) in [7, 11) is 0. The lowest BCUT2D eigenvalue weighted by Crippen LogP contribution is -2.05. The monoisotopic (exact) mass is 430 g/mol. The molecular weight excluding hydrogens is 415 g/mol. The molecule has 2 aromatic carbocycles. The molecule has 4 nitrogen and oxygen atoms in total. The molecule has 0 saturated heterocycles. The lowest BCUT2D eigenvalue weighted by molar-refractivity contribution is 0.102. The predicted octanol–water partition coefficient (Wildman–Crippen LogP) is 6.52. The van der Waals surface area contributed by atoms with Crippen LogP contribution in [0.1, 0.15) is 21.7 Å². The van der Waals surface area contributed by atoms with Gasteiger partial charge in [0.2, 0.25) is 0 Å². The predicted molar refractivity (Wildman–Crippen MR) is 114 cm³/mol. The Labute approximate surface area is 176 Å². The number of aryl methyl sites for hydroxylation is 1. The maximum absolute atomic E-state index is 12.8. The molecule has 28 heavy (non-hydrogen) atoms. The Kier molecular flexibility index (Phi) is 5.23. The summed E-state index contributed by atoms with van der Waals surface area (Å²) in [6.07, 6.45) is 0. The van der Waals surface area contributed by atoms with Gasteiger partial charge in [0.05, 0.1) is 15.8 Å². The summed E-state index contributed by atoms with van der Waals surface area (Å²) in [5.74, 6) is 0.269. The fraction of sp³-hybridized carbons (Fsp3) is 0.143. The second-order valence-electron chi connectivity index (χ2n) is 6.38. The van der Waals surface area contributed by atoms with E-state index in [0.29, 0.717) is 20.8 Å². The number of para-hydroxylation sites is 2. The van der Waals surface area contributed by atoms with Gasteiger partial charge in [0.15, 0.2) is 11.4 Å². The number of rotatable bonds is 5. The highest BCUT2D eigenvalue weighted by atomic mass is 35.5. The van der Waals surface area contributed by atoms with Crippen LogP contribution in [0.2, 0.25) is 10.0 Å². The van der Waals surface area contributed by atoms with Crippen molar-refractivity contribution in [2.45, 2.75) is 19.1 Å². The molecule has 0 aliphatic carbocycles. The Morgan fingerprint density at radius 2 is 1.89 bits per heavy atom. The maximum atomic E-state index is 12.8. The van der Waals surface area contributed by atoms with Gasteiger partial charge in [-0.3, -0.25) is 4.79 Å². The van der Waals surface area contributed by atoms with Gasteiger partial charge >= 0.3 is 0 Å². The van der Waals surface area contributed by atoms with Gasteiger partial charge in [0.1, 0.15) is 5.52 Å². The standard InChI is InChI=1S/C21H16Cl2N2O2S/c1-12-9-15(13(2)25(12)14-7-8-16(22)17(23)10-14)19(26)11-28-21-24-18-5-3-4-6-20(18)27-21/h3-10H,11H2,1-2H3. The summed E-state index contributed by atoms with van der Waals surface area (Å²) in [5.41, 5.74) is 4.86. The molecule has 0 aliphatic rings. The first-order valence-corrected chi connectivity index (χ1v) is 10.3. The van der Waals surface area contributed by atoms with Gasteiger partial charge in [-0.05, 0) is 50.2 Å². The Morgan fingerprint density at radius 3 is 2.64 bits per heavy atom. The van der Waals surface area contributed by atoms with Gasteiger partial charge < -0.3 is 8.98 Å². The lowest BCUT2D eigenvalue weighted by Gasteiger charge is -2.11. The quantitative estimate of drug-likeness (QED) is 0.267. The third-order valence-electron chi connectivity index (χ3n) is 4.49. The molecule has 7 heteroatoms. The number of hydrogen-bond donors (Lipinski definition) is 0. The van der Waals surface area contributed by atoms with Crippen molar-refractivity contribution in [1.82, 2.24) is 9.55 Å². The molecule has 0 unspecified atom stereocenters. The fourth-order valence-electron chi connectivity index (χ4n) is 3.18. The minimum absolute atomic E-state index is 0.0201. The van der Waals surface area contributed by atoms with Crippen LogP contribution < -0.4 is 0 Å². The smallest absolute Gasteiger partial charge is 0.257 e. The van der Waals surface area contributed by atoms with Crippen LogP contribution in [0.4, 0.5) is 0 Å². The number of benzene rings is 2. The van der Waals surface area contributed by atoms with Gasteiger partial charge in [-0.15, -0.1) is 0 Å². The van der Waals surface area contributed by atoms with E-state index in [4.69, 9.17) is 27.6 Å². The Bertz CT molecular complexity index is 1160. The van der Waals surface area contributed by atoms with Crippen molar-refractivity contribution in [3.05, 3.63) is 75.5 Å². The zero-order valence-corrected chi connectivity index (χ0v) is 17.5. The number of fused-ring (bicyclic) bond motifs is 1. The number of halogens is 2. The number of thioether (sulfide) groups is 1. The average molecular weight is 431 g/mol. The Balaban J connectivity index is 1.57. The highest BCUT2D eigenvalue weighted by Crippen LogP contribution is 2.29. The normalized spacial score (nSPS) is 11.3. The molecule has 0 saturated carbocycles. The first kappa shape index (κ1) is 19.1. The minimum Gasteiger partial charge on any atom is -0.431 e. The third-order valence-corrected chi connectivity index (χ3v) is 6.06. The lowest BCUT2D eigenvalue weighted by atomic mass is 10.2.